The van der Waals surface area contributed by atoms with E-state index in [1.165, 1.54) is 11.3 Å². The maximum absolute atomic E-state index is 9.19. The lowest BCUT2D eigenvalue weighted by atomic mass is 9.97. The summed E-state index contributed by atoms with van der Waals surface area (Å²) in [7, 11) is 0. The number of hydrogen-bond donors (Lipinski definition) is 2. The summed E-state index contributed by atoms with van der Waals surface area (Å²) < 4.78 is 0.763. The average Bonchev–Trinajstić information content (AvgIpc) is 2.82. The van der Waals surface area contributed by atoms with Crippen LogP contribution in [0.15, 0.2) is 12.1 Å². The van der Waals surface area contributed by atoms with Crippen LogP contribution < -0.4 is 5.73 Å². The molecule has 1 aliphatic rings. The van der Waals surface area contributed by atoms with Crippen molar-refractivity contribution in [1.82, 2.24) is 0 Å². The summed E-state index contributed by atoms with van der Waals surface area (Å²) in [6, 6.07) is 3.76. The largest absolute Gasteiger partial charge is 0.396 e. The number of nitrogens with two attached hydrogens (primary N) is 1. The highest BCUT2D eigenvalue weighted by atomic mass is 35.5. The minimum atomic E-state index is -0.0474. The highest BCUT2D eigenvalue weighted by Crippen LogP contribution is 2.54. The number of thiophene rings is 1. The second-order valence-electron chi connectivity index (χ2n) is 3.64. The molecule has 2 rings (SSSR count). The van der Waals surface area contributed by atoms with E-state index in [2.05, 4.69) is 0 Å². The lowest BCUT2D eigenvalue weighted by Gasteiger charge is -2.19. The Balaban J connectivity index is 2.17. The lowest BCUT2D eigenvalue weighted by molar-refractivity contribution is 0.189. The minimum Gasteiger partial charge on any atom is -0.396 e. The molecule has 1 unspecified atom stereocenters. The summed E-state index contributed by atoms with van der Waals surface area (Å²) in [5.41, 5.74) is 6.00. The topological polar surface area (TPSA) is 46.2 Å². The van der Waals surface area contributed by atoms with Crippen LogP contribution in [0, 0.1) is 5.41 Å². The first-order valence-corrected chi connectivity index (χ1v) is 5.49. The van der Waals surface area contributed by atoms with Crippen LogP contribution in [0.25, 0.3) is 0 Å². The van der Waals surface area contributed by atoms with Crippen LogP contribution in [0.3, 0.4) is 0 Å². The number of aliphatic hydroxyl groups excluding tert-OH is 1. The second-order valence-corrected chi connectivity index (χ2v) is 5.39. The Morgan fingerprint density at radius 2 is 2.31 bits per heavy atom. The van der Waals surface area contributed by atoms with E-state index in [4.69, 9.17) is 17.3 Å². The average molecular weight is 218 g/mol. The fraction of sp³-hybridized carbons (Fsp3) is 0.556. The summed E-state index contributed by atoms with van der Waals surface area (Å²) in [5.74, 6) is 0. The highest BCUT2D eigenvalue weighted by molar-refractivity contribution is 7.16. The predicted molar refractivity (Wildman–Crippen MR) is 55.0 cm³/mol. The minimum absolute atomic E-state index is 0.0463. The summed E-state index contributed by atoms with van der Waals surface area (Å²) in [5, 5.41) is 9.19. The Bertz CT molecular complexity index is 308. The lowest BCUT2D eigenvalue weighted by Crippen LogP contribution is -2.24. The van der Waals surface area contributed by atoms with Gasteiger partial charge in [0.05, 0.1) is 10.9 Å². The zero-order valence-electron chi connectivity index (χ0n) is 7.16. The van der Waals surface area contributed by atoms with Gasteiger partial charge in [-0.15, -0.1) is 11.3 Å². The molecule has 0 aliphatic heterocycles. The third-order valence-corrected chi connectivity index (χ3v) is 4.08. The first-order chi connectivity index (χ1) is 6.18. The van der Waals surface area contributed by atoms with Crippen molar-refractivity contribution in [1.29, 1.82) is 0 Å². The quantitative estimate of drug-likeness (QED) is 0.815. The Morgan fingerprint density at radius 3 is 2.69 bits per heavy atom. The molecular formula is C9H12ClNOS. The van der Waals surface area contributed by atoms with E-state index in [0.29, 0.717) is 0 Å². The molecule has 3 N–H and O–H groups in total. The fourth-order valence-electron chi connectivity index (χ4n) is 1.53. The van der Waals surface area contributed by atoms with Crippen LogP contribution in [-0.2, 0) is 0 Å². The van der Waals surface area contributed by atoms with Crippen LogP contribution in [0.2, 0.25) is 4.34 Å². The molecule has 0 bridgehead atoms. The van der Waals surface area contributed by atoms with E-state index >= 15 is 0 Å². The van der Waals surface area contributed by atoms with Crippen LogP contribution in [0.5, 0.6) is 0 Å². The molecule has 13 heavy (non-hydrogen) atoms. The van der Waals surface area contributed by atoms with Gasteiger partial charge in [0, 0.05) is 16.3 Å². The van der Waals surface area contributed by atoms with Crippen molar-refractivity contribution in [2.45, 2.75) is 18.9 Å². The smallest absolute Gasteiger partial charge is 0.0931 e. The second kappa shape index (κ2) is 3.24. The third-order valence-electron chi connectivity index (χ3n) is 2.77. The molecule has 1 heterocycles. The van der Waals surface area contributed by atoms with E-state index in [-0.39, 0.29) is 18.1 Å². The summed E-state index contributed by atoms with van der Waals surface area (Å²) in [6.45, 7) is 0.184. The number of rotatable bonds is 3. The molecule has 0 radical (unpaired) electrons. The Kier molecular flexibility index (Phi) is 2.36. The van der Waals surface area contributed by atoms with E-state index in [0.717, 1.165) is 22.1 Å². The third kappa shape index (κ3) is 1.62. The van der Waals surface area contributed by atoms with Gasteiger partial charge in [-0.3, -0.25) is 0 Å². The van der Waals surface area contributed by atoms with Crippen molar-refractivity contribution < 1.29 is 5.11 Å². The molecule has 1 fully saturated rings. The zero-order valence-corrected chi connectivity index (χ0v) is 8.74. The first-order valence-electron chi connectivity index (χ1n) is 4.30. The van der Waals surface area contributed by atoms with Crippen molar-refractivity contribution in [3.8, 4) is 0 Å². The van der Waals surface area contributed by atoms with Gasteiger partial charge in [0.15, 0.2) is 0 Å². The first kappa shape index (κ1) is 9.46. The van der Waals surface area contributed by atoms with Crippen molar-refractivity contribution in [3.05, 3.63) is 21.3 Å². The molecule has 72 valence electrons. The molecule has 1 aromatic rings. The van der Waals surface area contributed by atoms with E-state index in [9.17, 15) is 5.11 Å². The van der Waals surface area contributed by atoms with Gasteiger partial charge in [-0.05, 0) is 25.0 Å². The summed E-state index contributed by atoms with van der Waals surface area (Å²) in [4.78, 5) is 1.08. The SMILES string of the molecule is NC(c1ccc(Cl)s1)C1(CO)CC1. The van der Waals surface area contributed by atoms with Crippen LogP contribution in [-0.4, -0.2) is 11.7 Å². The van der Waals surface area contributed by atoms with Crippen molar-refractivity contribution >= 4 is 22.9 Å². The number of halogens is 1. The number of hydrogen-bond acceptors (Lipinski definition) is 3. The molecule has 0 spiro atoms. The molecular weight excluding hydrogens is 206 g/mol. The van der Waals surface area contributed by atoms with E-state index < -0.39 is 0 Å². The molecule has 4 heteroatoms. The number of aliphatic hydroxyl groups is 1. The molecule has 1 saturated carbocycles. The maximum atomic E-state index is 9.19. The van der Waals surface area contributed by atoms with Gasteiger partial charge >= 0.3 is 0 Å². The molecule has 1 atom stereocenters. The monoisotopic (exact) mass is 217 g/mol. The Morgan fingerprint density at radius 1 is 1.62 bits per heavy atom. The standard InChI is InChI=1S/C9H12ClNOS/c10-7-2-1-6(13-7)8(11)9(5-12)3-4-9/h1-2,8,12H,3-5,11H2. The fourth-order valence-corrected chi connectivity index (χ4v) is 2.73. The maximum Gasteiger partial charge on any atom is 0.0931 e. The van der Waals surface area contributed by atoms with Gasteiger partial charge in [-0.1, -0.05) is 11.6 Å². The Labute approximate surface area is 86.3 Å². The molecule has 0 amide bonds. The summed E-state index contributed by atoms with van der Waals surface area (Å²) >= 11 is 7.33. The van der Waals surface area contributed by atoms with E-state index in [1.54, 1.807) is 0 Å². The molecule has 1 aromatic heterocycles. The van der Waals surface area contributed by atoms with Crippen LogP contribution >= 0.6 is 22.9 Å². The predicted octanol–water partition coefficient (Wildman–Crippen LogP) is 2.17. The Hall–Kier alpha value is -0.0900. The summed E-state index contributed by atoms with van der Waals surface area (Å²) in [6.07, 6.45) is 2.06. The van der Waals surface area contributed by atoms with Crippen LogP contribution in [0.1, 0.15) is 23.8 Å². The molecule has 0 saturated heterocycles. The van der Waals surface area contributed by atoms with Crippen LogP contribution in [0.4, 0.5) is 0 Å². The van der Waals surface area contributed by atoms with Gasteiger partial charge in [-0.25, -0.2) is 0 Å². The highest BCUT2D eigenvalue weighted by Gasteiger charge is 2.48. The van der Waals surface area contributed by atoms with Crippen molar-refractivity contribution in [2.75, 3.05) is 6.61 Å². The normalized spacial score (nSPS) is 21.5. The van der Waals surface area contributed by atoms with Gasteiger partial charge in [0.2, 0.25) is 0 Å². The van der Waals surface area contributed by atoms with Crippen molar-refractivity contribution in [2.24, 2.45) is 11.1 Å². The van der Waals surface area contributed by atoms with Crippen molar-refractivity contribution in [3.63, 3.8) is 0 Å². The van der Waals surface area contributed by atoms with Gasteiger partial charge in [0.1, 0.15) is 0 Å². The zero-order chi connectivity index (χ0) is 9.47. The molecule has 0 aromatic carbocycles. The van der Waals surface area contributed by atoms with Gasteiger partial charge in [0.25, 0.3) is 0 Å². The van der Waals surface area contributed by atoms with Gasteiger partial charge < -0.3 is 10.8 Å². The molecule has 1 aliphatic carbocycles. The van der Waals surface area contributed by atoms with Gasteiger partial charge in [-0.2, -0.15) is 0 Å². The van der Waals surface area contributed by atoms with E-state index in [1.807, 2.05) is 12.1 Å². The molecule has 2 nitrogen and oxygen atoms in total.